The van der Waals surface area contributed by atoms with Crippen LogP contribution in [0.4, 0.5) is 0 Å². The zero-order chi connectivity index (χ0) is 20.4. The van der Waals surface area contributed by atoms with Crippen molar-refractivity contribution >= 4 is 30.4 Å². The van der Waals surface area contributed by atoms with Gasteiger partial charge in [0.2, 0.25) is 0 Å². The second-order valence-electron chi connectivity index (χ2n) is 4.07. The van der Waals surface area contributed by atoms with Crippen LogP contribution in [0.15, 0.2) is 0 Å². The van der Waals surface area contributed by atoms with Crippen LogP contribution in [0, 0.1) is 0 Å². The first-order valence-corrected chi connectivity index (χ1v) is 10.7. The maximum atomic E-state index is 9.76. The van der Waals surface area contributed by atoms with Crippen molar-refractivity contribution < 1.29 is 70.7 Å². The van der Waals surface area contributed by atoms with Gasteiger partial charge in [0.05, 0.1) is 0 Å². The van der Waals surface area contributed by atoms with Crippen molar-refractivity contribution in [2.75, 3.05) is 0 Å². The van der Waals surface area contributed by atoms with E-state index < -0.39 is 46.7 Å². The Labute approximate surface area is 157 Å². The van der Waals surface area contributed by atoms with Gasteiger partial charge in [0.1, 0.15) is 46.7 Å². The van der Waals surface area contributed by atoms with Crippen LogP contribution < -0.4 is 0 Å². The van der Waals surface area contributed by atoms with Gasteiger partial charge >= 0.3 is 16.5 Å². The molecule has 0 aliphatic heterocycles. The summed E-state index contributed by atoms with van der Waals surface area (Å²) in [5, 5.41) is 24.9. The second-order valence-corrected chi connectivity index (χ2v) is 8.66. The van der Waals surface area contributed by atoms with Gasteiger partial charge in [-0.25, -0.2) is 25.3 Å². The Hall–Kier alpha value is 0.104. The molecule has 16 heteroatoms. The Morgan fingerprint density at radius 1 is 0.600 bits per heavy atom. The molecule has 1 radical (unpaired) electrons. The van der Waals surface area contributed by atoms with Crippen molar-refractivity contribution in [2.24, 2.45) is 0 Å². The Morgan fingerprint density at radius 3 is 0.720 bits per heavy atom. The van der Waals surface area contributed by atoms with Crippen molar-refractivity contribution in [1.29, 1.82) is 0 Å². The first-order valence-electron chi connectivity index (χ1n) is 6.33. The summed E-state index contributed by atoms with van der Waals surface area (Å²) in [5.41, 5.74) is -5.20. The summed E-state index contributed by atoms with van der Waals surface area (Å²) >= 11 is 0. The zero-order valence-corrected chi connectivity index (χ0v) is 16.8. The van der Waals surface area contributed by atoms with Gasteiger partial charge in [0.25, 0.3) is 0 Å². The third-order valence-corrected chi connectivity index (χ3v) is 5.05. The predicted molar refractivity (Wildman–Crippen MR) is 78.0 cm³/mol. The summed E-state index contributed by atoms with van der Waals surface area (Å²) in [6.07, 6.45) is -0.149. The van der Waals surface area contributed by atoms with Gasteiger partial charge in [-0.05, 0) is 19.3 Å². The Kier molecular flexibility index (Phi) is 18.6. The summed E-state index contributed by atoms with van der Waals surface area (Å²) in [6, 6.07) is 0. The van der Waals surface area contributed by atoms with Crippen molar-refractivity contribution in [1.82, 2.24) is 0 Å². The molecule has 0 fully saturated rings. The molecule has 3 N–H and O–H groups in total. The molecule has 0 aromatic carbocycles. The van der Waals surface area contributed by atoms with E-state index in [9.17, 15) is 38.9 Å². The third-order valence-electron chi connectivity index (χ3n) is 2.05. The first kappa shape index (κ1) is 32.7. The number of hydrogen-bond donors (Lipinski definition) is 3. The van der Waals surface area contributed by atoms with Crippen molar-refractivity contribution in [3.05, 3.63) is 0 Å². The van der Waals surface area contributed by atoms with Crippen LogP contribution >= 0.6 is 0 Å². The van der Waals surface area contributed by atoms with Crippen LogP contribution in [0.2, 0.25) is 0 Å². The number of rotatable bonds is 6. The molecule has 3 atom stereocenters. The molecule has 0 aliphatic rings. The normalized spacial score (nSPS) is 15.2. The van der Waals surface area contributed by atoms with E-state index >= 15 is 0 Å². The number of aliphatic hydroxyl groups is 3. The molecule has 0 saturated carbocycles. The number of hydrogen-bond acceptors (Lipinski definition) is 12. The van der Waals surface area contributed by atoms with E-state index in [-0.39, 0.29) is 35.8 Å². The maximum Gasteiger partial charge on any atom is 3.00 e. The van der Waals surface area contributed by atoms with Crippen LogP contribution in [0.5, 0.6) is 0 Å². The maximum absolute atomic E-state index is 9.76. The molecule has 0 aromatic heterocycles. The van der Waals surface area contributed by atoms with Crippen LogP contribution in [-0.4, -0.2) is 70.5 Å². The van der Waals surface area contributed by atoms with E-state index in [1.807, 2.05) is 0 Å². The fraction of sp³-hybridized carbons (Fsp3) is 1.00. The van der Waals surface area contributed by atoms with Gasteiger partial charge in [0.15, 0.2) is 0 Å². The smallest absolute Gasteiger partial charge is 0.746 e. The van der Waals surface area contributed by atoms with Crippen molar-refractivity contribution in [3.8, 4) is 0 Å². The SMILES string of the molecule is CCC(O)S(=O)(=O)[O-].CCC(O)S(=O)(=O)[O-].CCC(O)S(=O)(=O)[O-].[Ni+3]. The molecule has 0 rings (SSSR count). The van der Waals surface area contributed by atoms with E-state index in [1.54, 1.807) is 0 Å². The summed E-state index contributed by atoms with van der Waals surface area (Å²) in [6.45, 7) is 4.25. The minimum Gasteiger partial charge on any atom is -0.746 e. The van der Waals surface area contributed by atoms with Crippen LogP contribution in [-0.2, 0) is 46.8 Å². The molecule has 12 nitrogen and oxygen atoms in total. The quantitative estimate of drug-likeness (QED) is 0.273. The fourth-order valence-corrected chi connectivity index (χ4v) is 1.84. The summed E-state index contributed by atoms with van der Waals surface area (Å²) < 4.78 is 87.8. The molecular formula is C9H21NiO12S3. The minimum atomic E-state index is -4.45. The van der Waals surface area contributed by atoms with Gasteiger partial charge in [-0.1, -0.05) is 20.8 Å². The van der Waals surface area contributed by atoms with E-state index in [0.717, 1.165) is 0 Å². The third kappa shape index (κ3) is 20.3. The molecule has 0 bridgehead atoms. The molecule has 0 spiro atoms. The molecule has 0 aliphatic carbocycles. The van der Waals surface area contributed by atoms with Crippen LogP contribution in [0.25, 0.3) is 0 Å². The number of aliphatic hydroxyl groups excluding tert-OH is 3. The van der Waals surface area contributed by atoms with Gasteiger partial charge in [-0.15, -0.1) is 0 Å². The van der Waals surface area contributed by atoms with Gasteiger partial charge in [-0.3, -0.25) is 0 Å². The average Bonchev–Trinajstić information content (AvgIpc) is 2.42. The Balaban J connectivity index is -0.000000130. The average molecular weight is 476 g/mol. The molecule has 25 heavy (non-hydrogen) atoms. The van der Waals surface area contributed by atoms with Crippen LogP contribution in [0.3, 0.4) is 0 Å². The van der Waals surface area contributed by atoms with E-state index in [1.165, 1.54) is 20.8 Å². The van der Waals surface area contributed by atoms with Crippen molar-refractivity contribution in [3.63, 3.8) is 0 Å². The fourth-order valence-electron chi connectivity index (χ4n) is 0.612. The summed E-state index contributed by atoms with van der Waals surface area (Å²) in [7, 11) is -13.3. The molecular weight excluding hydrogens is 455 g/mol. The molecule has 0 aromatic rings. The predicted octanol–water partition coefficient (Wildman–Crippen LogP) is -2.22. The zero-order valence-electron chi connectivity index (χ0n) is 13.4. The minimum absolute atomic E-state index is 0. The van der Waals surface area contributed by atoms with Gasteiger partial charge in [0, 0.05) is 0 Å². The topological polar surface area (TPSA) is 232 Å². The first-order chi connectivity index (χ1) is 10.4. The summed E-state index contributed by atoms with van der Waals surface area (Å²) in [5.74, 6) is 0. The van der Waals surface area contributed by atoms with Gasteiger partial charge < -0.3 is 29.0 Å². The summed E-state index contributed by atoms with van der Waals surface area (Å²) in [4.78, 5) is 0. The Bertz CT molecular complexity index is 536. The van der Waals surface area contributed by atoms with E-state index in [2.05, 4.69) is 0 Å². The van der Waals surface area contributed by atoms with Crippen LogP contribution in [0.1, 0.15) is 40.0 Å². The molecule has 0 saturated heterocycles. The van der Waals surface area contributed by atoms with Gasteiger partial charge in [-0.2, -0.15) is 0 Å². The molecule has 157 valence electrons. The largest absolute Gasteiger partial charge is 3.00 e. The van der Waals surface area contributed by atoms with E-state index in [0.29, 0.717) is 0 Å². The van der Waals surface area contributed by atoms with Crippen molar-refractivity contribution in [2.45, 2.75) is 56.3 Å². The monoisotopic (exact) mass is 475 g/mol. The Morgan fingerprint density at radius 2 is 0.720 bits per heavy atom. The standard InChI is InChI=1S/3C3H8O4S.Ni/c3*1-2-3(4)8(5,6)7;/h3*3-4H,2H2,1H3,(H,5,6,7);/q;;;+3/p-3. The molecule has 0 heterocycles. The van der Waals surface area contributed by atoms with E-state index in [4.69, 9.17) is 15.3 Å². The molecule has 3 unspecified atom stereocenters. The molecule has 0 amide bonds. The second kappa shape index (κ2) is 14.2.